The molecule has 31 heavy (non-hydrogen) atoms. The fraction of sp³-hybridized carbons (Fsp3) is 0.429. The highest BCUT2D eigenvalue weighted by Crippen LogP contribution is 2.37. The van der Waals surface area contributed by atoms with Crippen LogP contribution in [0.3, 0.4) is 0 Å². The number of amides is 1. The van der Waals surface area contributed by atoms with Crippen molar-refractivity contribution in [1.29, 1.82) is 0 Å². The van der Waals surface area contributed by atoms with E-state index in [4.69, 9.17) is 0 Å². The molecule has 1 fully saturated rings. The molecular formula is C28H35NO2. The Morgan fingerprint density at radius 3 is 2.23 bits per heavy atom. The van der Waals surface area contributed by atoms with Crippen LogP contribution >= 0.6 is 0 Å². The van der Waals surface area contributed by atoms with Crippen molar-refractivity contribution < 1.29 is 9.59 Å². The molecule has 1 heterocycles. The summed E-state index contributed by atoms with van der Waals surface area (Å²) < 4.78 is 0. The number of hydrogen-bond donors (Lipinski definition) is 0. The number of carbonyl (C=O) groups excluding carboxylic acids is 2. The molecule has 0 saturated carbocycles. The molecule has 164 valence electrons. The summed E-state index contributed by atoms with van der Waals surface area (Å²) >= 11 is 0. The van der Waals surface area contributed by atoms with Crippen molar-refractivity contribution in [3.05, 3.63) is 83.9 Å². The predicted octanol–water partition coefficient (Wildman–Crippen LogP) is 5.74. The maximum atomic E-state index is 13.4. The summed E-state index contributed by atoms with van der Waals surface area (Å²) in [6.07, 6.45) is 8.52. The molecular weight excluding hydrogens is 382 g/mol. The zero-order chi connectivity index (χ0) is 22.1. The first-order valence-electron chi connectivity index (χ1n) is 11.6. The number of likely N-dealkylation sites (tertiary alicyclic amines) is 1. The van der Waals surface area contributed by atoms with E-state index in [1.54, 1.807) is 6.08 Å². The van der Waals surface area contributed by atoms with Crippen LogP contribution in [0.2, 0.25) is 0 Å². The molecule has 1 atom stereocenters. The largest absolute Gasteiger partial charge is 0.343 e. The van der Waals surface area contributed by atoms with Crippen molar-refractivity contribution in [2.45, 2.75) is 57.8 Å². The Balaban J connectivity index is 1.67. The first-order valence-corrected chi connectivity index (χ1v) is 11.6. The summed E-state index contributed by atoms with van der Waals surface area (Å²) in [5.41, 5.74) is 1.74. The molecule has 0 aromatic heterocycles. The first-order chi connectivity index (χ1) is 15.0. The van der Waals surface area contributed by atoms with Gasteiger partial charge in [0.1, 0.15) is 0 Å². The average molecular weight is 418 g/mol. The normalized spacial score (nSPS) is 16.9. The van der Waals surface area contributed by atoms with Gasteiger partial charge in [-0.3, -0.25) is 9.59 Å². The molecule has 3 heteroatoms. The van der Waals surface area contributed by atoms with Crippen LogP contribution in [0.1, 0.15) is 57.1 Å². The number of piperidine rings is 1. The second-order valence-corrected chi connectivity index (χ2v) is 8.83. The van der Waals surface area contributed by atoms with Crippen molar-refractivity contribution >= 4 is 11.7 Å². The lowest BCUT2D eigenvalue weighted by Crippen LogP contribution is -2.48. The minimum Gasteiger partial charge on any atom is -0.343 e. The van der Waals surface area contributed by atoms with E-state index in [0.717, 1.165) is 24.8 Å². The third-order valence-electron chi connectivity index (χ3n) is 6.74. The van der Waals surface area contributed by atoms with E-state index in [0.29, 0.717) is 38.3 Å². The van der Waals surface area contributed by atoms with Gasteiger partial charge in [-0.15, -0.1) is 0 Å². The SMILES string of the molecule is CCC(C)C/C=C/C(=O)C1(c2ccccc2)CCN(C(=O)CCc2ccccc2)CC1. The summed E-state index contributed by atoms with van der Waals surface area (Å²) in [7, 11) is 0. The van der Waals surface area contributed by atoms with Crippen LogP contribution in [-0.4, -0.2) is 29.7 Å². The molecule has 1 unspecified atom stereocenters. The van der Waals surface area contributed by atoms with Crippen LogP contribution in [0.5, 0.6) is 0 Å². The Kier molecular flexibility index (Phi) is 8.22. The molecule has 1 amide bonds. The summed E-state index contributed by atoms with van der Waals surface area (Å²) in [5.74, 6) is 0.949. The van der Waals surface area contributed by atoms with E-state index in [9.17, 15) is 9.59 Å². The monoisotopic (exact) mass is 417 g/mol. The molecule has 0 aliphatic carbocycles. The highest BCUT2D eigenvalue weighted by molar-refractivity contribution is 5.99. The minimum absolute atomic E-state index is 0.179. The summed E-state index contributed by atoms with van der Waals surface area (Å²) in [4.78, 5) is 28.1. The van der Waals surface area contributed by atoms with E-state index >= 15 is 0 Å². The van der Waals surface area contributed by atoms with Crippen LogP contribution in [-0.2, 0) is 21.4 Å². The molecule has 0 N–H and O–H groups in total. The van der Waals surface area contributed by atoms with Crippen LogP contribution in [0.4, 0.5) is 0 Å². The second-order valence-electron chi connectivity index (χ2n) is 8.83. The van der Waals surface area contributed by atoms with Crippen LogP contribution in [0.25, 0.3) is 0 Å². The number of nitrogens with zero attached hydrogens (tertiary/aromatic N) is 1. The van der Waals surface area contributed by atoms with Gasteiger partial charge in [0.05, 0.1) is 5.41 Å². The quantitative estimate of drug-likeness (QED) is 0.488. The highest BCUT2D eigenvalue weighted by Gasteiger charge is 2.42. The molecule has 3 nitrogen and oxygen atoms in total. The van der Waals surface area contributed by atoms with Crippen molar-refractivity contribution in [3.63, 3.8) is 0 Å². The Morgan fingerprint density at radius 1 is 1.00 bits per heavy atom. The number of carbonyl (C=O) groups is 2. The zero-order valence-corrected chi connectivity index (χ0v) is 18.9. The fourth-order valence-corrected chi connectivity index (χ4v) is 4.36. The van der Waals surface area contributed by atoms with Gasteiger partial charge in [0.15, 0.2) is 5.78 Å². The molecule has 1 saturated heterocycles. The third kappa shape index (κ3) is 5.94. The lowest BCUT2D eigenvalue weighted by Gasteiger charge is -2.40. The van der Waals surface area contributed by atoms with Crippen LogP contribution < -0.4 is 0 Å². The van der Waals surface area contributed by atoms with Gasteiger partial charge in [-0.05, 0) is 48.8 Å². The predicted molar refractivity (Wildman–Crippen MR) is 127 cm³/mol. The Bertz CT molecular complexity index is 864. The van der Waals surface area contributed by atoms with E-state index in [1.165, 1.54) is 5.56 Å². The number of hydrogen-bond acceptors (Lipinski definition) is 2. The maximum absolute atomic E-state index is 13.4. The minimum atomic E-state index is -0.524. The zero-order valence-electron chi connectivity index (χ0n) is 18.9. The fourth-order valence-electron chi connectivity index (χ4n) is 4.36. The van der Waals surface area contributed by atoms with Crippen molar-refractivity contribution in [1.82, 2.24) is 4.90 Å². The number of ketones is 1. The van der Waals surface area contributed by atoms with Gasteiger partial charge in [0.2, 0.25) is 5.91 Å². The van der Waals surface area contributed by atoms with Crippen LogP contribution in [0.15, 0.2) is 72.8 Å². The maximum Gasteiger partial charge on any atom is 0.222 e. The van der Waals surface area contributed by atoms with Gasteiger partial charge in [0.25, 0.3) is 0 Å². The van der Waals surface area contributed by atoms with E-state index in [-0.39, 0.29) is 11.7 Å². The lowest BCUT2D eigenvalue weighted by atomic mass is 9.69. The second kappa shape index (κ2) is 11.1. The van der Waals surface area contributed by atoms with Gasteiger partial charge in [-0.1, -0.05) is 87.0 Å². The molecule has 2 aromatic rings. The topological polar surface area (TPSA) is 37.4 Å². The van der Waals surface area contributed by atoms with Gasteiger partial charge in [0, 0.05) is 19.5 Å². The number of allylic oxidation sites excluding steroid dienone is 2. The van der Waals surface area contributed by atoms with Gasteiger partial charge < -0.3 is 4.90 Å². The molecule has 0 bridgehead atoms. The van der Waals surface area contributed by atoms with Crippen LogP contribution in [0, 0.1) is 5.92 Å². The Morgan fingerprint density at radius 2 is 1.61 bits per heavy atom. The standard InChI is InChI=1S/C28H35NO2/c1-3-23(2)11-10-16-26(30)28(25-14-8-5-9-15-25)19-21-29(22-20-28)27(31)18-17-24-12-6-4-7-13-24/h4-10,12-16,23H,3,11,17-22H2,1-2H3/b16-10+. The highest BCUT2D eigenvalue weighted by atomic mass is 16.2. The molecule has 0 spiro atoms. The Hall–Kier alpha value is -2.68. The van der Waals surface area contributed by atoms with Crippen molar-refractivity contribution in [3.8, 4) is 0 Å². The third-order valence-corrected chi connectivity index (χ3v) is 6.74. The number of benzene rings is 2. The number of aryl methyl sites for hydroxylation is 1. The van der Waals surface area contributed by atoms with Gasteiger partial charge >= 0.3 is 0 Å². The lowest BCUT2D eigenvalue weighted by molar-refractivity contribution is -0.135. The Labute approximate surface area is 187 Å². The average Bonchev–Trinajstić information content (AvgIpc) is 2.83. The summed E-state index contributed by atoms with van der Waals surface area (Å²) in [6.45, 7) is 5.65. The smallest absolute Gasteiger partial charge is 0.222 e. The first kappa shape index (κ1) is 23.0. The van der Waals surface area contributed by atoms with E-state index in [1.807, 2.05) is 47.4 Å². The van der Waals surface area contributed by atoms with Gasteiger partial charge in [-0.2, -0.15) is 0 Å². The van der Waals surface area contributed by atoms with Crippen molar-refractivity contribution in [2.24, 2.45) is 5.92 Å². The summed E-state index contributed by atoms with van der Waals surface area (Å²) in [5, 5.41) is 0. The number of rotatable bonds is 9. The van der Waals surface area contributed by atoms with Gasteiger partial charge in [-0.25, -0.2) is 0 Å². The molecule has 1 aliphatic rings. The van der Waals surface area contributed by atoms with E-state index in [2.05, 4.69) is 38.1 Å². The van der Waals surface area contributed by atoms with Crippen molar-refractivity contribution in [2.75, 3.05) is 13.1 Å². The molecule has 3 rings (SSSR count). The molecule has 2 aromatic carbocycles. The molecule has 1 aliphatic heterocycles. The summed E-state index contributed by atoms with van der Waals surface area (Å²) in [6, 6.07) is 20.3. The van der Waals surface area contributed by atoms with E-state index < -0.39 is 5.41 Å². The molecule has 0 radical (unpaired) electrons.